The van der Waals surface area contributed by atoms with Gasteiger partial charge in [0.1, 0.15) is 0 Å². The van der Waals surface area contributed by atoms with Crippen molar-refractivity contribution >= 4 is 27.7 Å². The van der Waals surface area contributed by atoms with Gasteiger partial charge in [0, 0.05) is 19.2 Å². The Balaban J connectivity index is 1.47. The summed E-state index contributed by atoms with van der Waals surface area (Å²) in [6.07, 6.45) is 0.587. The monoisotopic (exact) mass is 431 g/mol. The molecule has 29 heavy (non-hydrogen) atoms. The van der Waals surface area contributed by atoms with E-state index in [1.165, 1.54) is 23.9 Å². The van der Waals surface area contributed by atoms with Crippen molar-refractivity contribution in [3.63, 3.8) is 0 Å². The van der Waals surface area contributed by atoms with Gasteiger partial charge in [-0.1, -0.05) is 54.2 Å². The van der Waals surface area contributed by atoms with Crippen LogP contribution in [0.1, 0.15) is 5.56 Å². The number of aromatic nitrogens is 3. The maximum atomic E-state index is 12.1. The van der Waals surface area contributed by atoms with Crippen LogP contribution in [0.5, 0.6) is 0 Å². The number of nitrogens with zero attached hydrogens (tertiary/aromatic N) is 3. The Morgan fingerprint density at radius 2 is 1.79 bits per heavy atom. The lowest BCUT2D eigenvalue weighted by atomic mass is 10.1. The third kappa shape index (κ3) is 5.66. The molecule has 3 N–H and O–H groups in total. The van der Waals surface area contributed by atoms with Gasteiger partial charge in [-0.25, -0.2) is 13.6 Å². The number of nitrogens with two attached hydrogens (primary N) is 1. The normalized spacial score (nSPS) is 11.4. The molecule has 10 heteroatoms. The molecule has 0 unspecified atom stereocenters. The maximum absolute atomic E-state index is 12.1. The van der Waals surface area contributed by atoms with Crippen molar-refractivity contribution in [3.8, 4) is 11.4 Å². The second kappa shape index (κ2) is 9.21. The zero-order valence-electron chi connectivity index (χ0n) is 15.8. The highest BCUT2D eigenvalue weighted by molar-refractivity contribution is 7.99. The molecule has 0 saturated heterocycles. The van der Waals surface area contributed by atoms with Crippen molar-refractivity contribution in [2.45, 2.75) is 16.5 Å². The molecule has 0 aliphatic heterocycles. The zero-order chi connectivity index (χ0) is 20.9. The molecule has 0 atom stereocenters. The number of carbonyl (C=O) groups is 1. The molecule has 8 nitrogen and oxygen atoms in total. The fourth-order valence-corrected chi connectivity index (χ4v) is 3.91. The van der Waals surface area contributed by atoms with E-state index in [1.54, 1.807) is 12.1 Å². The number of primary sulfonamides is 1. The van der Waals surface area contributed by atoms with Crippen molar-refractivity contribution in [2.24, 2.45) is 12.2 Å². The van der Waals surface area contributed by atoms with E-state index in [0.29, 0.717) is 18.1 Å². The summed E-state index contributed by atoms with van der Waals surface area (Å²) >= 11 is 1.32. The highest BCUT2D eigenvalue weighted by Gasteiger charge is 2.12. The van der Waals surface area contributed by atoms with Crippen LogP contribution in [0.3, 0.4) is 0 Å². The van der Waals surface area contributed by atoms with Crippen LogP contribution in [0.25, 0.3) is 11.4 Å². The smallest absolute Gasteiger partial charge is 0.238 e. The third-order valence-electron chi connectivity index (χ3n) is 4.19. The Labute approximate surface area is 173 Å². The molecule has 3 aromatic rings. The minimum atomic E-state index is -3.69. The lowest BCUT2D eigenvalue weighted by Gasteiger charge is -2.06. The van der Waals surface area contributed by atoms with Gasteiger partial charge >= 0.3 is 0 Å². The van der Waals surface area contributed by atoms with E-state index < -0.39 is 10.0 Å². The second-order valence-electron chi connectivity index (χ2n) is 6.31. The molecule has 0 bridgehead atoms. The summed E-state index contributed by atoms with van der Waals surface area (Å²) in [4.78, 5) is 12.2. The molecule has 0 aliphatic carbocycles. The molecule has 0 aliphatic rings. The summed E-state index contributed by atoms with van der Waals surface area (Å²) in [5.41, 5.74) is 1.87. The van der Waals surface area contributed by atoms with Crippen molar-refractivity contribution in [2.75, 3.05) is 12.3 Å². The molecule has 2 aromatic carbocycles. The molecule has 3 rings (SSSR count). The quantitative estimate of drug-likeness (QED) is 0.523. The lowest BCUT2D eigenvalue weighted by Crippen LogP contribution is -2.27. The highest BCUT2D eigenvalue weighted by atomic mass is 32.2. The van der Waals surface area contributed by atoms with Gasteiger partial charge in [-0.05, 0) is 24.1 Å². The van der Waals surface area contributed by atoms with E-state index in [-0.39, 0.29) is 16.6 Å². The molecule has 1 aromatic heterocycles. The van der Waals surface area contributed by atoms with E-state index >= 15 is 0 Å². The molecule has 1 amide bonds. The van der Waals surface area contributed by atoms with Gasteiger partial charge in [0.05, 0.1) is 10.6 Å². The molecular weight excluding hydrogens is 410 g/mol. The van der Waals surface area contributed by atoms with Crippen LogP contribution >= 0.6 is 11.8 Å². The standard InChI is InChI=1S/C19H21N5O3S2/c1-24-18(15-5-3-2-4-6-15)22-23-19(24)28-13-17(25)21-12-11-14-7-9-16(10-8-14)29(20,26)27/h2-10H,11-13H2,1H3,(H,21,25)(H2,20,26,27). The predicted octanol–water partition coefficient (Wildman–Crippen LogP) is 1.58. The van der Waals surface area contributed by atoms with Crippen LogP contribution in [-0.4, -0.2) is 41.4 Å². The van der Waals surface area contributed by atoms with Gasteiger partial charge in [0.15, 0.2) is 11.0 Å². The van der Waals surface area contributed by atoms with E-state index in [4.69, 9.17) is 5.14 Å². The van der Waals surface area contributed by atoms with Gasteiger partial charge in [0.2, 0.25) is 15.9 Å². The van der Waals surface area contributed by atoms with Crippen LogP contribution in [0.15, 0.2) is 64.6 Å². The predicted molar refractivity (Wildman–Crippen MR) is 112 cm³/mol. The van der Waals surface area contributed by atoms with Crippen LogP contribution in [0.2, 0.25) is 0 Å². The largest absolute Gasteiger partial charge is 0.355 e. The van der Waals surface area contributed by atoms with Crippen LogP contribution in [0.4, 0.5) is 0 Å². The highest BCUT2D eigenvalue weighted by Crippen LogP contribution is 2.22. The number of benzene rings is 2. The average molecular weight is 432 g/mol. The molecule has 0 fully saturated rings. The van der Waals surface area contributed by atoms with Crippen LogP contribution in [0, 0.1) is 0 Å². The number of thioether (sulfide) groups is 1. The van der Waals surface area contributed by atoms with Gasteiger partial charge in [-0.15, -0.1) is 10.2 Å². The Bertz CT molecular complexity index is 1080. The number of amides is 1. The zero-order valence-corrected chi connectivity index (χ0v) is 17.4. The molecule has 0 spiro atoms. The fraction of sp³-hybridized carbons (Fsp3) is 0.211. The van der Waals surface area contributed by atoms with Gasteiger partial charge in [-0.3, -0.25) is 4.79 Å². The number of rotatable bonds is 8. The lowest BCUT2D eigenvalue weighted by molar-refractivity contribution is -0.118. The van der Waals surface area contributed by atoms with Gasteiger partial charge in [-0.2, -0.15) is 0 Å². The van der Waals surface area contributed by atoms with E-state index in [2.05, 4.69) is 15.5 Å². The number of carbonyl (C=O) groups excluding carboxylic acids is 1. The Morgan fingerprint density at radius 1 is 1.10 bits per heavy atom. The summed E-state index contributed by atoms with van der Waals surface area (Å²) in [6, 6.07) is 16.0. The van der Waals surface area contributed by atoms with E-state index in [9.17, 15) is 13.2 Å². The van der Waals surface area contributed by atoms with Crippen LogP contribution in [-0.2, 0) is 28.3 Å². The van der Waals surface area contributed by atoms with Crippen molar-refractivity contribution in [1.29, 1.82) is 0 Å². The Hall–Kier alpha value is -2.69. The SMILES string of the molecule is Cn1c(SCC(=O)NCCc2ccc(S(N)(=O)=O)cc2)nnc1-c1ccccc1. The van der Waals surface area contributed by atoms with E-state index in [0.717, 1.165) is 17.0 Å². The molecule has 152 valence electrons. The summed E-state index contributed by atoms with van der Waals surface area (Å²) in [5.74, 6) is 0.863. The first kappa shape index (κ1) is 21.0. The minimum absolute atomic E-state index is 0.0697. The first-order valence-electron chi connectivity index (χ1n) is 8.80. The van der Waals surface area contributed by atoms with Gasteiger partial charge in [0.25, 0.3) is 0 Å². The topological polar surface area (TPSA) is 120 Å². The molecule has 1 heterocycles. The Morgan fingerprint density at radius 3 is 2.45 bits per heavy atom. The molecular formula is C19H21N5O3S2. The maximum Gasteiger partial charge on any atom is 0.238 e. The Kier molecular flexibility index (Phi) is 6.68. The van der Waals surface area contributed by atoms with Crippen molar-refractivity contribution in [3.05, 3.63) is 60.2 Å². The summed E-state index contributed by atoms with van der Waals surface area (Å²) in [6.45, 7) is 0.447. The third-order valence-corrected chi connectivity index (χ3v) is 6.14. The van der Waals surface area contributed by atoms with Crippen molar-refractivity contribution < 1.29 is 13.2 Å². The van der Waals surface area contributed by atoms with Crippen LogP contribution < -0.4 is 10.5 Å². The average Bonchev–Trinajstić information content (AvgIpc) is 3.07. The first-order valence-corrected chi connectivity index (χ1v) is 11.3. The summed E-state index contributed by atoms with van der Waals surface area (Å²) < 4.78 is 24.4. The second-order valence-corrected chi connectivity index (χ2v) is 8.81. The summed E-state index contributed by atoms with van der Waals surface area (Å²) in [5, 5.41) is 16.9. The number of sulfonamides is 1. The first-order chi connectivity index (χ1) is 13.8. The fourth-order valence-electron chi connectivity index (χ4n) is 2.65. The van der Waals surface area contributed by atoms with Gasteiger partial charge < -0.3 is 9.88 Å². The number of hydrogen-bond acceptors (Lipinski definition) is 6. The molecule has 0 radical (unpaired) electrons. The number of nitrogens with one attached hydrogen (secondary N) is 1. The summed E-state index contributed by atoms with van der Waals surface area (Å²) in [7, 11) is -1.82. The number of hydrogen-bond donors (Lipinski definition) is 2. The van der Waals surface area contributed by atoms with Crippen molar-refractivity contribution in [1.82, 2.24) is 20.1 Å². The molecule has 0 saturated carbocycles. The van der Waals surface area contributed by atoms with E-state index in [1.807, 2.05) is 41.9 Å². The minimum Gasteiger partial charge on any atom is -0.355 e.